The van der Waals surface area contributed by atoms with E-state index in [2.05, 4.69) is 27.3 Å². The molecule has 1 saturated carbocycles. The zero-order valence-electron chi connectivity index (χ0n) is 10.4. The van der Waals surface area contributed by atoms with E-state index in [1.54, 1.807) is 0 Å². The van der Waals surface area contributed by atoms with E-state index in [0.29, 0.717) is 11.6 Å². The summed E-state index contributed by atoms with van der Waals surface area (Å²) in [6.07, 6.45) is 6.74. The van der Waals surface area contributed by atoms with Gasteiger partial charge in [0.05, 0.1) is 6.54 Å². The lowest BCUT2D eigenvalue weighted by Crippen LogP contribution is -2.62. The summed E-state index contributed by atoms with van der Waals surface area (Å²) < 4.78 is 4.80. The highest BCUT2D eigenvalue weighted by Gasteiger charge is 2.39. The van der Waals surface area contributed by atoms with Crippen LogP contribution in [0.2, 0.25) is 0 Å². The van der Waals surface area contributed by atoms with Crippen molar-refractivity contribution in [1.29, 1.82) is 0 Å². The molecule has 3 rings (SSSR count). The highest BCUT2D eigenvalue weighted by atomic mass is 16.5. The molecule has 0 amide bonds. The minimum absolute atomic E-state index is 0.357. The summed E-state index contributed by atoms with van der Waals surface area (Å²) in [5.74, 6) is 0.798. The molecular weight excluding hydrogens is 216 g/mol. The molecule has 17 heavy (non-hydrogen) atoms. The predicted octanol–water partition coefficient (Wildman–Crippen LogP) is 1.18. The van der Waals surface area contributed by atoms with Crippen LogP contribution >= 0.6 is 0 Å². The number of rotatable bonds is 2. The summed E-state index contributed by atoms with van der Waals surface area (Å²) in [6.45, 7) is 5.25. The van der Waals surface area contributed by atoms with Crippen LogP contribution in [0.3, 0.4) is 0 Å². The molecule has 1 aliphatic heterocycles. The first-order valence-corrected chi connectivity index (χ1v) is 6.52. The van der Waals surface area contributed by atoms with Crippen molar-refractivity contribution < 1.29 is 4.52 Å². The standard InChI is InChI=1S/C12H20N4O/c1-10-6-14-12(4-2-3-5-12)8-16(10)7-11-13-9-17-15-11/h9-10,14H,2-8H2,1H3. The maximum absolute atomic E-state index is 4.80. The molecule has 2 fully saturated rings. The first-order valence-electron chi connectivity index (χ1n) is 6.52. The maximum atomic E-state index is 4.80. The molecule has 2 aliphatic rings. The highest BCUT2D eigenvalue weighted by Crippen LogP contribution is 2.33. The van der Waals surface area contributed by atoms with Crippen molar-refractivity contribution in [1.82, 2.24) is 20.4 Å². The Hall–Kier alpha value is -0.940. The molecule has 1 aromatic heterocycles. The van der Waals surface area contributed by atoms with Gasteiger partial charge in [-0.2, -0.15) is 4.98 Å². The Kier molecular flexibility index (Phi) is 2.88. The Morgan fingerprint density at radius 2 is 2.35 bits per heavy atom. The van der Waals surface area contributed by atoms with Crippen LogP contribution in [0.25, 0.3) is 0 Å². The van der Waals surface area contributed by atoms with Crippen molar-refractivity contribution in [2.45, 2.75) is 50.7 Å². The van der Waals surface area contributed by atoms with Crippen molar-refractivity contribution in [2.75, 3.05) is 13.1 Å². The number of nitrogens with zero attached hydrogens (tertiary/aromatic N) is 3. The first-order chi connectivity index (χ1) is 8.27. The number of nitrogens with one attached hydrogen (secondary N) is 1. The topological polar surface area (TPSA) is 54.2 Å². The third-order valence-electron chi connectivity index (χ3n) is 4.21. The SMILES string of the molecule is CC1CNC2(CCCC2)CN1Cc1ncon1. The molecule has 0 aromatic carbocycles. The second-order valence-corrected chi connectivity index (χ2v) is 5.47. The van der Waals surface area contributed by atoms with Crippen LogP contribution in [-0.2, 0) is 6.54 Å². The fourth-order valence-corrected chi connectivity index (χ4v) is 3.14. The fraction of sp³-hybridized carbons (Fsp3) is 0.833. The van der Waals surface area contributed by atoms with E-state index in [0.717, 1.165) is 25.5 Å². The predicted molar refractivity (Wildman–Crippen MR) is 63.4 cm³/mol. The average molecular weight is 236 g/mol. The van der Waals surface area contributed by atoms with E-state index >= 15 is 0 Å². The van der Waals surface area contributed by atoms with E-state index in [4.69, 9.17) is 4.52 Å². The van der Waals surface area contributed by atoms with Crippen molar-refractivity contribution in [3.05, 3.63) is 12.2 Å². The monoisotopic (exact) mass is 236 g/mol. The van der Waals surface area contributed by atoms with E-state index in [-0.39, 0.29) is 0 Å². The quantitative estimate of drug-likeness (QED) is 0.835. The fourth-order valence-electron chi connectivity index (χ4n) is 3.14. The Morgan fingerprint density at radius 3 is 3.06 bits per heavy atom. The molecule has 1 aromatic rings. The van der Waals surface area contributed by atoms with Gasteiger partial charge in [0.25, 0.3) is 0 Å². The van der Waals surface area contributed by atoms with Crippen molar-refractivity contribution in [3.63, 3.8) is 0 Å². The normalized spacial score (nSPS) is 28.9. The highest BCUT2D eigenvalue weighted by molar-refractivity contribution is 5.00. The van der Waals surface area contributed by atoms with Gasteiger partial charge in [0, 0.05) is 24.7 Å². The molecule has 1 unspecified atom stereocenters. The van der Waals surface area contributed by atoms with Crippen LogP contribution < -0.4 is 5.32 Å². The lowest BCUT2D eigenvalue weighted by molar-refractivity contribution is 0.0796. The van der Waals surface area contributed by atoms with Crippen LogP contribution in [0.15, 0.2) is 10.9 Å². The van der Waals surface area contributed by atoms with Crippen LogP contribution in [-0.4, -0.2) is 39.7 Å². The van der Waals surface area contributed by atoms with Gasteiger partial charge in [0.2, 0.25) is 6.39 Å². The molecule has 94 valence electrons. The zero-order chi connectivity index (χ0) is 11.7. The number of piperazine rings is 1. The van der Waals surface area contributed by atoms with Crippen LogP contribution in [0.4, 0.5) is 0 Å². The number of hydrogen-bond donors (Lipinski definition) is 1. The Morgan fingerprint density at radius 1 is 1.53 bits per heavy atom. The maximum Gasteiger partial charge on any atom is 0.213 e. The van der Waals surface area contributed by atoms with E-state index < -0.39 is 0 Å². The average Bonchev–Trinajstić information content (AvgIpc) is 2.96. The third-order valence-corrected chi connectivity index (χ3v) is 4.21. The van der Waals surface area contributed by atoms with Crippen molar-refractivity contribution in [3.8, 4) is 0 Å². The molecule has 5 heteroatoms. The molecule has 1 aliphatic carbocycles. The Labute approximate surface area is 102 Å². The second-order valence-electron chi connectivity index (χ2n) is 5.47. The molecule has 1 saturated heterocycles. The third kappa shape index (κ3) is 2.21. The minimum atomic E-state index is 0.357. The van der Waals surface area contributed by atoms with E-state index in [9.17, 15) is 0 Å². The van der Waals surface area contributed by atoms with Gasteiger partial charge < -0.3 is 9.84 Å². The minimum Gasteiger partial charge on any atom is -0.343 e. The summed E-state index contributed by atoms with van der Waals surface area (Å²) in [5.41, 5.74) is 0.357. The van der Waals surface area contributed by atoms with Gasteiger partial charge in [-0.1, -0.05) is 18.0 Å². The molecular formula is C12H20N4O. The Balaban J connectivity index is 1.69. The number of aromatic nitrogens is 2. The van der Waals surface area contributed by atoms with E-state index in [1.165, 1.54) is 32.1 Å². The molecule has 1 N–H and O–H groups in total. The summed E-state index contributed by atoms with van der Waals surface area (Å²) in [7, 11) is 0. The smallest absolute Gasteiger partial charge is 0.213 e. The molecule has 2 heterocycles. The number of hydrogen-bond acceptors (Lipinski definition) is 5. The second kappa shape index (κ2) is 4.38. The van der Waals surface area contributed by atoms with Gasteiger partial charge in [-0.3, -0.25) is 4.90 Å². The van der Waals surface area contributed by atoms with Gasteiger partial charge in [-0.05, 0) is 19.8 Å². The zero-order valence-corrected chi connectivity index (χ0v) is 10.4. The largest absolute Gasteiger partial charge is 0.343 e. The lowest BCUT2D eigenvalue weighted by atomic mass is 9.92. The van der Waals surface area contributed by atoms with Gasteiger partial charge in [-0.15, -0.1) is 0 Å². The summed E-state index contributed by atoms with van der Waals surface area (Å²) in [6, 6.07) is 0.541. The van der Waals surface area contributed by atoms with Crippen LogP contribution in [0.1, 0.15) is 38.4 Å². The van der Waals surface area contributed by atoms with Gasteiger partial charge in [0.15, 0.2) is 5.82 Å². The molecule has 0 radical (unpaired) electrons. The van der Waals surface area contributed by atoms with Gasteiger partial charge in [0.1, 0.15) is 0 Å². The summed E-state index contributed by atoms with van der Waals surface area (Å²) >= 11 is 0. The van der Waals surface area contributed by atoms with Crippen molar-refractivity contribution >= 4 is 0 Å². The Bertz CT molecular complexity index is 359. The van der Waals surface area contributed by atoms with Crippen LogP contribution in [0, 0.1) is 0 Å². The lowest BCUT2D eigenvalue weighted by Gasteiger charge is -2.44. The molecule has 5 nitrogen and oxygen atoms in total. The molecule has 1 spiro atoms. The first kappa shape index (κ1) is 11.2. The van der Waals surface area contributed by atoms with Gasteiger partial charge in [-0.25, -0.2) is 0 Å². The summed E-state index contributed by atoms with van der Waals surface area (Å²) in [4.78, 5) is 6.60. The molecule has 0 bridgehead atoms. The molecule has 1 atom stereocenters. The van der Waals surface area contributed by atoms with E-state index in [1.807, 2.05) is 0 Å². The van der Waals surface area contributed by atoms with Crippen LogP contribution in [0.5, 0.6) is 0 Å². The summed E-state index contributed by atoms with van der Waals surface area (Å²) in [5, 5.41) is 7.66. The van der Waals surface area contributed by atoms with Gasteiger partial charge >= 0.3 is 0 Å². The van der Waals surface area contributed by atoms with Crippen molar-refractivity contribution in [2.24, 2.45) is 0 Å².